The summed E-state index contributed by atoms with van der Waals surface area (Å²) in [4.78, 5) is 34.2. The van der Waals surface area contributed by atoms with Crippen LogP contribution in [0.25, 0.3) is 11.0 Å². The smallest absolute Gasteiger partial charge is 0.265 e. The van der Waals surface area contributed by atoms with Crippen LogP contribution in [-0.4, -0.2) is 46.5 Å². The number of carbonyl (C=O) groups excluding carboxylic acids is 1. The van der Waals surface area contributed by atoms with Crippen molar-refractivity contribution in [2.45, 2.75) is 13.5 Å². The molecule has 1 saturated heterocycles. The van der Waals surface area contributed by atoms with Crippen LogP contribution in [0.4, 0.5) is 5.69 Å². The minimum absolute atomic E-state index is 0.194. The fraction of sp³-hybridized carbons (Fsp3) is 0.286. The molecule has 1 aliphatic heterocycles. The Hall–Kier alpha value is -3.15. The number of piperazine rings is 1. The molecule has 27 heavy (non-hydrogen) atoms. The molecule has 1 amide bonds. The lowest BCUT2D eigenvalue weighted by Crippen LogP contribution is -2.50. The Morgan fingerprint density at radius 1 is 1.04 bits per heavy atom. The molecular formula is C21H22N4O2. The second-order valence-electron chi connectivity index (χ2n) is 6.64. The highest BCUT2D eigenvalue weighted by molar-refractivity contribution is 5.97. The first kappa shape index (κ1) is 17.3. The molecule has 0 unspecified atom stereocenters. The van der Waals surface area contributed by atoms with E-state index >= 15 is 0 Å². The third-order valence-electron chi connectivity index (χ3n) is 5.08. The molecular weight excluding hydrogens is 340 g/mol. The predicted octanol–water partition coefficient (Wildman–Crippen LogP) is 2.38. The van der Waals surface area contributed by atoms with Gasteiger partial charge >= 0.3 is 0 Å². The summed E-state index contributed by atoms with van der Waals surface area (Å²) in [5, 5.41) is 0.810. The molecule has 2 aromatic heterocycles. The maximum atomic E-state index is 13.0. The normalized spacial score (nSPS) is 14.6. The first-order valence-electron chi connectivity index (χ1n) is 9.27. The highest BCUT2D eigenvalue weighted by Gasteiger charge is 2.25. The average molecular weight is 362 g/mol. The highest BCUT2D eigenvalue weighted by atomic mass is 16.2. The molecule has 138 valence electrons. The lowest BCUT2D eigenvalue weighted by molar-refractivity contribution is 0.0744. The van der Waals surface area contributed by atoms with E-state index in [9.17, 15) is 9.59 Å². The zero-order valence-corrected chi connectivity index (χ0v) is 15.3. The van der Waals surface area contributed by atoms with Crippen LogP contribution in [0.2, 0.25) is 0 Å². The van der Waals surface area contributed by atoms with Crippen LogP contribution in [0.15, 0.2) is 59.5 Å². The maximum Gasteiger partial charge on any atom is 0.265 e. The van der Waals surface area contributed by atoms with Gasteiger partial charge in [-0.3, -0.25) is 14.2 Å². The zero-order valence-electron chi connectivity index (χ0n) is 15.3. The van der Waals surface area contributed by atoms with Crippen molar-refractivity contribution in [3.63, 3.8) is 0 Å². The number of aryl methyl sites for hydroxylation is 1. The minimum Gasteiger partial charge on any atom is -0.368 e. The molecule has 6 heteroatoms. The van der Waals surface area contributed by atoms with E-state index in [1.165, 1.54) is 0 Å². The fourth-order valence-electron chi connectivity index (χ4n) is 3.63. The van der Waals surface area contributed by atoms with Gasteiger partial charge in [-0.25, -0.2) is 4.98 Å². The summed E-state index contributed by atoms with van der Waals surface area (Å²) in [6.45, 7) is 5.09. The highest BCUT2D eigenvalue weighted by Crippen LogP contribution is 2.17. The Bertz CT molecular complexity index is 1020. The molecule has 1 aliphatic rings. The van der Waals surface area contributed by atoms with E-state index in [4.69, 9.17) is 0 Å². The average Bonchev–Trinajstić information content (AvgIpc) is 2.73. The van der Waals surface area contributed by atoms with Gasteiger partial charge in [0, 0.05) is 50.0 Å². The quantitative estimate of drug-likeness (QED) is 0.718. The number of anilines is 1. The number of rotatable bonds is 3. The van der Waals surface area contributed by atoms with Gasteiger partial charge in [-0.05, 0) is 37.3 Å². The molecule has 6 nitrogen and oxygen atoms in total. The van der Waals surface area contributed by atoms with Crippen LogP contribution in [0, 0.1) is 0 Å². The Balaban J connectivity index is 1.59. The van der Waals surface area contributed by atoms with Crippen molar-refractivity contribution in [3.8, 4) is 0 Å². The van der Waals surface area contributed by atoms with Crippen molar-refractivity contribution < 1.29 is 4.79 Å². The van der Waals surface area contributed by atoms with Gasteiger partial charge in [0.05, 0.1) is 0 Å². The molecule has 0 aliphatic carbocycles. The largest absolute Gasteiger partial charge is 0.368 e. The van der Waals surface area contributed by atoms with Crippen LogP contribution in [0.3, 0.4) is 0 Å². The van der Waals surface area contributed by atoms with Gasteiger partial charge < -0.3 is 9.80 Å². The lowest BCUT2D eigenvalue weighted by Gasteiger charge is -2.36. The van der Waals surface area contributed by atoms with Crippen LogP contribution >= 0.6 is 0 Å². The van der Waals surface area contributed by atoms with Gasteiger partial charge in [0.1, 0.15) is 11.2 Å². The molecule has 0 bridgehead atoms. The predicted molar refractivity (Wildman–Crippen MR) is 106 cm³/mol. The second-order valence-corrected chi connectivity index (χ2v) is 6.64. The molecule has 1 aromatic carbocycles. The van der Waals surface area contributed by atoms with Crippen LogP contribution in [0.5, 0.6) is 0 Å². The third-order valence-corrected chi connectivity index (χ3v) is 5.08. The summed E-state index contributed by atoms with van der Waals surface area (Å²) in [5.41, 5.74) is 1.75. The number of para-hydroxylation sites is 1. The molecule has 0 radical (unpaired) electrons. The summed E-state index contributed by atoms with van der Waals surface area (Å²) >= 11 is 0. The van der Waals surface area contributed by atoms with E-state index in [-0.39, 0.29) is 17.0 Å². The van der Waals surface area contributed by atoms with E-state index in [2.05, 4.69) is 22.0 Å². The van der Waals surface area contributed by atoms with Gasteiger partial charge in [-0.2, -0.15) is 0 Å². The molecule has 4 rings (SSSR count). The minimum atomic E-state index is -0.265. The molecule has 0 N–H and O–H groups in total. The number of fused-ring (bicyclic) bond motifs is 1. The SMILES string of the molecule is CCn1c(=O)c(C(=O)N2CCN(c3ccccc3)CC2)cc2cccnc21. The lowest BCUT2D eigenvalue weighted by atomic mass is 10.1. The Kier molecular flexibility index (Phi) is 4.62. The summed E-state index contributed by atoms with van der Waals surface area (Å²) in [7, 11) is 0. The van der Waals surface area contributed by atoms with Crippen molar-refractivity contribution >= 4 is 22.6 Å². The zero-order chi connectivity index (χ0) is 18.8. The number of aromatic nitrogens is 2. The number of nitrogens with zero attached hydrogens (tertiary/aromatic N) is 4. The number of pyridine rings is 2. The molecule has 3 heterocycles. The van der Waals surface area contributed by atoms with E-state index < -0.39 is 0 Å². The standard InChI is InChI=1S/C21H22N4O2/c1-2-25-19-16(7-6-10-22-19)15-18(21(25)27)20(26)24-13-11-23(12-14-24)17-8-4-3-5-9-17/h3-10,15H,2,11-14H2,1H3. The van der Waals surface area contributed by atoms with Crippen LogP contribution in [0.1, 0.15) is 17.3 Å². The van der Waals surface area contributed by atoms with E-state index in [0.29, 0.717) is 25.3 Å². The first-order chi connectivity index (χ1) is 13.2. The van der Waals surface area contributed by atoms with Crippen molar-refractivity contribution in [2.75, 3.05) is 31.1 Å². The van der Waals surface area contributed by atoms with Crippen LogP contribution in [-0.2, 0) is 6.54 Å². The fourth-order valence-corrected chi connectivity index (χ4v) is 3.63. The molecule has 0 atom stereocenters. The molecule has 0 spiro atoms. The topological polar surface area (TPSA) is 58.4 Å². The maximum absolute atomic E-state index is 13.0. The first-order valence-corrected chi connectivity index (χ1v) is 9.27. The van der Waals surface area contributed by atoms with Gasteiger partial charge in [0.15, 0.2) is 0 Å². The summed E-state index contributed by atoms with van der Waals surface area (Å²) in [6, 6.07) is 15.6. The Morgan fingerprint density at radius 2 is 1.78 bits per heavy atom. The van der Waals surface area contributed by atoms with Crippen molar-refractivity contribution in [1.29, 1.82) is 0 Å². The monoisotopic (exact) mass is 362 g/mol. The third kappa shape index (κ3) is 3.18. The number of benzene rings is 1. The molecule has 0 saturated carbocycles. The van der Waals surface area contributed by atoms with Crippen molar-refractivity contribution in [3.05, 3.63) is 70.6 Å². The van der Waals surface area contributed by atoms with Gasteiger partial charge in [0.25, 0.3) is 11.5 Å². The van der Waals surface area contributed by atoms with Crippen LogP contribution < -0.4 is 10.5 Å². The van der Waals surface area contributed by atoms with Crippen molar-refractivity contribution in [2.24, 2.45) is 0 Å². The van der Waals surface area contributed by atoms with E-state index in [0.717, 1.165) is 24.2 Å². The molecule has 1 fully saturated rings. The van der Waals surface area contributed by atoms with Crippen molar-refractivity contribution in [1.82, 2.24) is 14.5 Å². The Labute approximate surface area is 157 Å². The van der Waals surface area contributed by atoms with Gasteiger partial charge in [-0.15, -0.1) is 0 Å². The summed E-state index contributed by atoms with van der Waals surface area (Å²) < 4.78 is 1.57. The number of carbonyl (C=O) groups is 1. The van der Waals surface area contributed by atoms with Gasteiger partial charge in [-0.1, -0.05) is 18.2 Å². The number of amides is 1. The summed E-state index contributed by atoms with van der Waals surface area (Å²) in [6.07, 6.45) is 1.66. The Morgan fingerprint density at radius 3 is 2.48 bits per heavy atom. The van der Waals surface area contributed by atoms with Gasteiger partial charge in [0.2, 0.25) is 0 Å². The van der Waals surface area contributed by atoms with E-state index in [1.54, 1.807) is 21.7 Å². The van der Waals surface area contributed by atoms with E-state index in [1.807, 2.05) is 37.3 Å². The summed E-state index contributed by atoms with van der Waals surface area (Å²) in [5.74, 6) is -0.194. The number of hydrogen-bond donors (Lipinski definition) is 0. The molecule has 3 aromatic rings. The second kappa shape index (κ2) is 7.23. The number of hydrogen-bond acceptors (Lipinski definition) is 4.